The number of hydrogen-bond donors (Lipinski definition) is 6. The van der Waals surface area contributed by atoms with Crippen LogP contribution in [0.15, 0.2) is 106 Å². The lowest BCUT2D eigenvalue weighted by Gasteiger charge is -2.51. The molecule has 6 aliphatic rings. The maximum Gasteiger partial charge on any atom is 0.186 e. The first-order chi connectivity index (χ1) is 46.5. The SMILES string of the molecule is C#CCCCOC1OC(CO)[C@@H](O[C@@H]2OC(C)[C@@H](O[C@@H]3OC(CO)[C@@H](O[C@@H]4OC(C)[C@@H](O[C@@H]5OC(CO)[C@@H](O[C@@H]6OC(C)[C@@H](C)[C@@H](OCc7ccccc7)C6O)[C@H](C)C5N=[N+]=[N-])[C@@H](OCc5ccccc5)C4O)[C@H](C)C3N=[N+]=[N-])[C@@H](OCc3ccccc3)C2O)[C@H](C)C1N=[N+]=[N-]. The van der Waals surface area contributed by atoms with Crippen LogP contribution in [0.5, 0.6) is 0 Å². The maximum atomic E-state index is 12.5. The summed E-state index contributed by atoms with van der Waals surface area (Å²) in [6.45, 7) is 10.7. The zero-order valence-corrected chi connectivity index (χ0v) is 54.8. The number of benzene rings is 3. The van der Waals surface area contributed by atoms with Crippen LogP contribution in [0.1, 0.15) is 78.0 Å². The number of unbranched alkanes of at least 4 members (excludes halogenated alkanes) is 1. The van der Waals surface area contributed by atoms with Crippen LogP contribution in [0.2, 0.25) is 0 Å². The minimum atomic E-state index is -1.68. The third-order valence-electron chi connectivity index (χ3n) is 18.9. The van der Waals surface area contributed by atoms with Crippen molar-refractivity contribution in [1.29, 1.82) is 0 Å². The number of aliphatic hydroxyl groups is 6. The molecule has 0 spiro atoms. The van der Waals surface area contributed by atoms with Crippen LogP contribution < -0.4 is 0 Å². The molecule has 0 aromatic heterocycles. The van der Waals surface area contributed by atoms with Gasteiger partial charge in [-0.2, -0.15) is 0 Å². The Labute approximate surface area is 557 Å². The third-order valence-corrected chi connectivity index (χ3v) is 18.9. The summed E-state index contributed by atoms with van der Waals surface area (Å²) in [5, 5.41) is 81.6. The second-order valence-corrected chi connectivity index (χ2v) is 25.3. The van der Waals surface area contributed by atoms with Crippen molar-refractivity contribution in [3.63, 3.8) is 0 Å². The standard InChI is InChI=1S/C66H91N9O21/c1-9-10-20-27-82-61-47(70-73-67)35(3)53(44(28-76)89-61)93-65-51(80)59(84-32-42-23-16-12-17-24-42)57(39(7)87-65)96-63-49(72-75-69)37(5)55(46(30-78)91-63)94-66-52(81)60(85-33-43-25-18-13-19-26-43)58(40(8)88-66)95-62-48(71-74-68)36(4)54(45(29-77)90-62)92-64-50(79)56(34(2)38(6)86-64)83-31-41-21-14-11-15-22-41/h1,11-19,21-26,34-40,44-66,76-81H,10,20,27-33H2,2-8H3/t34-,35-,36-,37-,38?,39?,40?,44?,45?,46?,47?,48?,49?,50?,51?,52?,53+,54+,55+,56-,57-,58-,59+,60+,61?,62+,63+,64+,65+,66+/m1/s1. The van der Waals surface area contributed by atoms with Gasteiger partial charge >= 0.3 is 0 Å². The van der Waals surface area contributed by atoms with Crippen LogP contribution in [-0.2, 0) is 90.9 Å². The molecule has 0 amide bonds. The summed E-state index contributed by atoms with van der Waals surface area (Å²) in [6, 6.07) is 24.5. The summed E-state index contributed by atoms with van der Waals surface area (Å²) in [5.74, 6) is 0.00507. The normalized spacial score (nSPS) is 40.2. The highest BCUT2D eigenvalue weighted by molar-refractivity contribution is 5.16. The van der Waals surface area contributed by atoms with E-state index in [2.05, 4.69) is 36.0 Å². The first kappa shape index (κ1) is 74.5. The van der Waals surface area contributed by atoms with Gasteiger partial charge in [-0.05, 0) is 78.2 Å². The van der Waals surface area contributed by atoms with Gasteiger partial charge in [0.2, 0.25) is 0 Å². The van der Waals surface area contributed by atoms with E-state index in [1.165, 1.54) is 0 Å². The van der Waals surface area contributed by atoms with Gasteiger partial charge in [-0.15, -0.1) is 12.3 Å². The summed E-state index contributed by atoms with van der Waals surface area (Å²) in [5.41, 5.74) is 32.1. The molecule has 13 unspecified atom stereocenters. The smallest absolute Gasteiger partial charge is 0.186 e. The van der Waals surface area contributed by atoms with E-state index >= 15 is 0 Å². The van der Waals surface area contributed by atoms with Gasteiger partial charge in [-0.25, -0.2) is 0 Å². The van der Waals surface area contributed by atoms with Crippen molar-refractivity contribution in [2.24, 2.45) is 39.0 Å². The molecule has 3 aromatic carbocycles. The second-order valence-electron chi connectivity index (χ2n) is 25.3. The summed E-state index contributed by atoms with van der Waals surface area (Å²) >= 11 is 0. The summed E-state index contributed by atoms with van der Waals surface area (Å²) < 4.78 is 96.5. The number of ether oxygens (including phenoxy) is 15. The van der Waals surface area contributed by atoms with E-state index in [-0.39, 0.29) is 32.3 Å². The highest BCUT2D eigenvalue weighted by Crippen LogP contribution is 2.42. The average molecular weight is 1350 g/mol. The van der Waals surface area contributed by atoms with Crippen molar-refractivity contribution in [1.82, 2.24) is 0 Å². The van der Waals surface area contributed by atoms with Crippen molar-refractivity contribution >= 4 is 0 Å². The average Bonchev–Trinajstić information content (AvgIpc) is 0.796. The van der Waals surface area contributed by atoms with Gasteiger partial charge in [0.25, 0.3) is 0 Å². The minimum absolute atomic E-state index is 0.0310. The number of terminal acetylenes is 1. The largest absolute Gasteiger partial charge is 0.394 e. The Morgan fingerprint density at radius 3 is 1.08 bits per heavy atom. The zero-order chi connectivity index (χ0) is 68.6. The molecule has 96 heavy (non-hydrogen) atoms. The lowest BCUT2D eigenvalue weighted by atomic mass is 9.87. The molecule has 30 atom stereocenters. The molecule has 3 aromatic rings. The maximum absolute atomic E-state index is 12.5. The van der Waals surface area contributed by atoms with Crippen LogP contribution in [0, 0.1) is 36.0 Å². The predicted octanol–water partition coefficient (Wildman–Crippen LogP) is 6.15. The molecule has 6 aliphatic heterocycles. The van der Waals surface area contributed by atoms with Gasteiger partial charge in [-0.3, -0.25) is 0 Å². The molecule has 30 heteroatoms. The van der Waals surface area contributed by atoms with Crippen LogP contribution in [0.3, 0.4) is 0 Å². The molecule has 0 bridgehead atoms. The van der Waals surface area contributed by atoms with Crippen LogP contribution >= 0.6 is 0 Å². The number of aliphatic hydroxyl groups excluding tert-OH is 6. The number of rotatable bonds is 29. The summed E-state index contributed by atoms with van der Waals surface area (Å²) in [7, 11) is 0. The van der Waals surface area contributed by atoms with Crippen molar-refractivity contribution in [2.75, 3.05) is 26.4 Å². The molecular formula is C66H91N9O21. The highest BCUT2D eigenvalue weighted by atomic mass is 16.8. The van der Waals surface area contributed by atoms with Crippen molar-refractivity contribution in [2.45, 2.75) is 241 Å². The summed E-state index contributed by atoms with van der Waals surface area (Å²) in [4.78, 5) is 9.31. The van der Waals surface area contributed by atoms with E-state index in [1.807, 2.05) is 105 Å². The number of nitrogens with zero attached hydrogens (tertiary/aromatic N) is 9. The molecule has 9 rings (SSSR count). The second kappa shape index (κ2) is 35.9. The van der Waals surface area contributed by atoms with E-state index in [4.69, 9.17) is 77.5 Å². The molecule has 0 aliphatic carbocycles. The van der Waals surface area contributed by atoms with Crippen LogP contribution in [0.4, 0.5) is 0 Å². The fourth-order valence-corrected chi connectivity index (χ4v) is 13.3. The molecule has 6 N–H and O–H groups in total. The Bertz CT molecular complexity index is 3050. The van der Waals surface area contributed by atoms with E-state index in [0.29, 0.717) is 12.8 Å². The highest BCUT2D eigenvalue weighted by Gasteiger charge is 2.57. The Kier molecular flexibility index (Phi) is 27.9. The molecular weight excluding hydrogens is 1250 g/mol. The van der Waals surface area contributed by atoms with E-state index in [9.17, 15) is 47.2 Å². The zero-order valence-electron chi connectivity index (χ0n) is 54.8. The first-order valence-corrected chi connectivity index (χ1v) is 32.7. The predicted molar refractivity (Wildman–Crippen MR) is 337 cm³/mol. The van der Waals surface area contributed by atoms with Gasteiger partial charge in [-0.1, -0.05) is 134 Å². The van der Waals surface area contributed by atoms with Gasteiger partial charge in [0.15, 0.2) is 37.7 Å². The molecule has 6 saturated heterocycles. The monoisotopic (exact) mass is 1350 g/mol. The van der Waals surface area contributed by atoms with Crippen LogP contribution in [0.25, 0.3) is 31.3 Å². The van der Waals surface area contributed by atoms with Gasteiger partial charge in [0.05, 0.1) is 107 Å². The lowest BCUT2D eigenvalue weighted by Crippen LogP contribution is -2.66. The quantitative estimate of drug-likeness (QED) is 0.0149. The fraction of sp³-hybridized carbons (Fsp3) is 0.697. The number of hydrogen-bond acceptors (Lipinski definition) is 24. The molecule has 30 nitrogen and oxygen atoms in total. The molecule has 6 fully saturated rings. The van der Waals surface area contributed by atoms with Crippen molar-refractivity contribution in [3.05, 3.63) is 139 Å². The van der Waals surface area contributed by atoms with Crippen molar-refractivity contribution < 1.29 is 102 Å². The Morgan fingerprint density at radius 1 is 0.406 bits per heavy atom. The minimum Gasteiger partial charge on any atom is -0.394 e. The van der Waals surface area contributed by atoms with Crippen LogP contribution in [-0.4, -0.2) is 217 Å². The van der Waals surface area contributed by atoms with Gasteiger partial charge < -0.3 is 102 Å². The van der Waals surface area contributed by atoms with E-state index in [1.54, 1.807) is 34.6 Å². The van der Waals surface area contributed by atoms with Gasteiger partial charge in [0, 0.05) is 27.1 Å². The topological polar surface area (TPSA) is 406 Å². The molecule has 0 saturated carbocycles. The van der Waals surface area contributed by atoms with E-state index < -0.39 is 197 Å². The molecule has 0 radical (unpaired) electrons. The van der Waals surface area contributed by atoms with Crippen molar-refractivity contribution in [3.8, 4) is 12.3 Å². The Morgan fingerprint density at radius 2 is 0.729 bits per heavy atom. The van der Waals surface area contributed by atoms with E-state index in [0.717, 1.165) is 16.7 Å². The Balaban J connectivity index is 0.913. The fourth-order valence-electron chi connectivity index (χ4n) is 13.3. The molecule has 526 valence electrons. The Hall–Kier alpha value is -5.69. The first-order valence-electron chi connectivity index (χ1n) is 32.7. The number of azide groups is 3. The molecule has 6 heterocycles. The lowest BCUT2D eigenvalue weighted by molar-refractivity contribution is -0.378. The third kappa shape index (κ3) is 17.8. The van der Waals surface area contributed by atoms with Gasteiger partial charge in [0.1, 0.15) is 61.0 Å². The summed E-state index contributed by atoms with van der Waals surface area (Å²) in [6.07, 6.45) is -21.1.